The third kappa shape index (κ3) is 9.51. The Kier molecular flexibility index (Phi) is 13.2. The summed E-state index contributed by atoms with van der Waals surface area (Å²) in [6.45, 7) is 12.8. The van der Waals surface area contributed by atoms with Gasteiger partial charge >= 0.3 is 0 Å². The van der Waals surface area contributed by atoms with E-state index in [1.807, 2.05) is 24.5 Å². The van der Waals surface area contributed by atoms with Crippen LogP contribution >= 0.6 is 11.8 Å². The highest BCUT2D eigenvalue weighted by atomic mass is 32.2. The number of ether oxygens (including phenoxy) is 2. The molecule has 1 aromatic heterocycles. The number of nitrogens with zero attached hydrogens (tertiary/aromatic N) is 4. The van der Waals surface area contributed by atoms with Crippen molar-refractivity contribution in [2.75, 3.05) is 46.2 Å². The standard InChI is InChI=1S/C26H42N4O2S/c1-6-15-30(20-22-18-27-26(28-19-22)33-8-3)17-11-9-10-16-29(7-2)21-23-13-12-14-24(31-4)25(23)32-5/h12-14,18-19H,6-11,15-17,20-21H2,1-5H3. The number of aromatic nitrogens is 2. The van der Waals surface area contributed by atoms with Crippen LogP contribution in [-0.2, 0) is 13.1 Å². The monoisotopic (exact) mass is 474 g/mol. The first kappa shape index (κ1) is 27.4. The van der Waals surface area contributed by atoms with Gasteiger partial charge in [0, 0.05) is 36.6 Å². The van der Waals surface area contributed by atoms with Gasteiger partial charge in [-0.1, -0.05) is 51.1 Å². The van der Waals surface area contributed by atoms with Crippen LogP contribution in [-0.4, -0.2) is 65.9 Å². The minimum absolute atomic E-state index is 0.797. The maximum absolute atomic E-state index is 5.61. The van der Waals surface area contributed by atoms with Gasteiger partial charge in [0.05, 0.1) is 14.2 Å². The van der Waals surface area contributed by atoms with Gasteiger partial charge < -0.3 is 9.47 Å². The fourth-order valence-corrected chi connectivity index (χ4v) is 4.50. The lowest BCUT2D eigenvalue weighted by Gasteiger charge is -2.23. The molecule has 0 aliphatic carbocycles. The van der Waals surface area contributed by atoms with Crippen LogP contribution in [0.15, 0.2) is 35.7 Å². The average Bonchev–Trinajstić information content (AvgIpc) is 2.84. The Balaban J connectivity index is 1.77. The summed E-state index contributed by atoms with van der Waals surface area (Å²) in [4.78, 5) is 14.0. The molecule has 0 saturated heterocycles. The van der Waals surface area contributed by atoms with E-state index in [1.165, 1.54) is 30.4 Å². The van der Waals surface area contributed by atoms with Crippen molar-refractivity contribution in [1.82, 2.24) is 19.8 Å². The first-order valence-corrected chi connectivity index (χ1v) is 13.2. The van der Waals surface area contributed by atoms with E-state index in [-0.39, 0.29) is 0 Å². The van der Waals surface area contributed by atoms with Gasteiger partial charge in [-0.25, -0.2) is 9.97 Å². The van der Waals surface area contributed by atoms with Gasteiger partial charge in [-0.3, -0.25) is 9.80 Å². The Hall–Kier alpha value is -1.83. The molecule has 1 heterocycles. The molecular formula is C26H42N4O2S. The number of rotatable bonds is 17. The summed E-state index contributed by atoms with van der Waals surface area (Å²) in [6, 6.07) is 6.11. The number of hydrogen-bond acceptors (Lipinski definition) is 7. The van der Waals surface area contributed by atoms with Gasteiger partial charge in [-0.2, -0.15) is 0 Å². The minimum atomic E-state index is 0.797. The molecule has 0 fully saturated rings. The normalized spacial score (nSPS) is 11.4. The topological polar surface area (TPSA) is 50.7 Å². The molecule has 6 nitrogen and oxygen atoms in total. The molecule has 184 valence electrons. The Morgan fingerprint density at radius 3 is 2.18 bits per heavy atom. The number of para-hydroxylation sites is 1. The minimum Gasteiger partial charge on any atom is -0.493 e. The van der Waals surface area contributed by atoms with Crippen LogP contribution < -0.4 is 9.47 Å². The van der Waals surface area contributed by atoms with Crippen LogP contribution in [0.3, 0.4) is 0 Å². The lowest BCUT2D eigenvalue weighted by Crippen LogP contribution is -2.26. The van der Waals surface area contributed by atoms with Crippen LogP contribution in [0.2, 0.25) is 0 Å². The molecule has 0 atom stereocenters. The Bertz CT molecular complexity index is 788. The Morgan fingerprint density at radius 2 is 1.58 bits per heavy atom. The zero-order valence-electron chi connectivity index (χ0n) is 21.2. The summed E-state index contributed by atoms with van der Waals surface area (Å²) < 4.78 is 11.1. The lowest BCUT2D eigenvalue weighted by molar-refractivity contribution is 0.244. The molecule has 0 unspecified atom stereocenters. The van der Waals surface area contributed by atoms with E-state index in [0.29, 0.717) is 0 Å². The van der Waals surface area contributed by atoms with Gasteiger partial charge in [0.2, 0.25) is 0 Å². The number of hydrogen-bond donors (Lipinski definition) is 0. The summed E-state index contributed by atoms with van der Waals surface area (Å²) in [7, 11) is 3.40. The van der Waals surface area contributed by atoms with Crippen molar-refractivity contribution < 1.29 is 9.47 Å². The molecule has 33 heavy (non-hydrogen) atoms. The number of benzene rings is 1. The van der Waals surface area contributed by atoms with E-state index in [0.717, 1.165) is 68.1 Å². The zero-order chi connectivity index (χ0) is 23.9. The maximum atomic E-state index is 5.61. The van der Waals surface area contributed by atoms with Crippen LogP contribution in [0.4, 0.5) is 0 Å². The molecule has 0 saturated carbocycles. The largest absolute Gasteiger partial charge is 0.493 e. The molecule has 0 radical (unpaired) electrons. The van der Waals surface area contributed by atoms with Gasteiger partial charge in [0.25, 0.3) is 0 Å². The molecule has 0 N–H and O–H groups in total. The van der Waals surface area contributed by atoms with Gasteiger partial charge in [0.15, 0.2) is 16.7 Å². The highest BCUT2D eigenvalue weighted by Crippen LogP contribution is 2.31. The highest BCUT2D eigenvalue weighted by molar-refractivity contribution is 7.99. The summed E-state index contributed by atoms with van der Waals surface area (Å²) in [6.07, 6.45) is 8.78. The van der Waals surface area contributed by atoms with E-state index in [9.17, 15) is 0 Å². The average molecular weight is 475 g/mol. The Labute approximate surface area is 205 Å². The quantitative estimate of drug-likeness (QED) is 0.170. The molecule has 0 spiro atoms. The second-order valence-electron chi connectivity index (χ2n) is 8.17. The van der Waals surface area contributed by atoms with Crippen molar-refractivity contribution in [3.05, 3.63) is 41.7 Å². The predicted molar refractivity (Wildman–Crippen MR) is 138 cm³/mol. The second-order valence-corrected chi connectivity index (χ2v) is 9.40. The first-order chi connectivity index (χ1) is 16.1. The molecule has 1 aromatic carbocycles. The van der Waals surface area contributed by atoms with Crippen molar-refractivity contribution in [3.8, 4) is 11.5 Å². The van der Waals surface area contributed by atoms with Crippen LogP contribution in [0.5, 0.6) is 11.5 Å². The zero-order valence-corrected chi connectivity index (χ0v) is 22.0. The fourth-order valence-electron chi connectivity index (χ4n) is 3.99. The number of thioether (sulfide) groups is 1. The van der Waals surface area contributed by atoms with E-state index >= 15 is 0 Å². The summed E-state index contributed by atoms with van der Waals surface area (Å²) in [5.41, 5.74) is 2.38. The molecule has 0 amide bonds. The van der Waals surface area contributed by atoms with Crippen molar-refractivity contribution in [2.24, 2.45) is 0 Å². The molecule has 2 rings (SSSR count). The second kappa shape index (κ2) is 15.9. The van der Waals surface area contributed by atoms with Gasteiger partial charge in [-0.15, -0.1) is 0 Å². The fraction of sp³-hybridized carbons (Fsp3) is 0.615. The SMILES string of the molecule is CCCN(CCCCCN(CC)Cc1cccc(OC)c1OC)Cc1cnc(SCC)nc1. The summed E-state index contributed by atoms with van der Waals surface area (Å²) in [5.74, 6) is 2.65. The number of methoxy groups -OCH3 is 2. The summed E-state index contributed by atoms with van der Waals surface area (Å²) >= 11 is 1.69. The molecule has 0 aliphatic heterocycles. The highest BCUT2D eigenvalue weighted by Gasteiger charge is 2.13. The third-order valence-electron chi connectivity index (χ3n) is 5.68. The van der Waals surface area contributed by atoms with Crippen molar-refractivity contribution in [1.29, 1.82) is 0 Å². The van der Waals surface area contributed by atoms with E-state index in [1.54, 1.807) is 26.0 Å². The van der Waals surface area contributed by atoms with E-state index in [2.05, 4.69) is 46.6 Å². The van der Waals surface area contributed by atoms with Crippen molar-refractivity contribution in [2.45, 2.75) is 64.7 Å². The molecule has 2 aromatic rings. The van der Waals surface area contributed by atoms with Crippen LogP contribution in [0.1, 0.15) is 57.6 Å². The third-order valence-corrected chi connectivity index (χ3v) is 6.43. The van der Waals surface area contributed by atoms with Crippen LogP contribution in [0, 0.1) is 0 Å². The van der Waals surface area contributed by atoms with Gasteiger partial charge in [0.1, 0.15) is 0 Å². The predicted octanol–water partition coefficient (Wildman–Crippen LogP) is 5.51. The smallest absolute Gasteiger partial charge is 0.187 e. The molecule has 0 aliphatic rings. The van der Waals surface area contributed by atoms with Crippen molar-refractivity contribution in [3.63, 3.8) is 0 Å². The molecule has 0 bridgehead atoms. The molecule has 7 heteroatoms. The molecular weight excluding hydrogens is 432 g/mol. The lowest BCUT2D eigenvalue weighted by atomic mass is 10.1. The van der Waals surface area contributed by atoms with Crippen LogP contribution in [0.25, 0.3) is 0 Å². The maximum Gasteiger partial charge on any atom is 0.187 e. The van der Waals surface area contributed by atoms with E-state index < -0.39 is 0 Å². The Morgan fingerprint density at radius 1 is 0.848 bits per heavy atom. The summed E-state index contributed by atoms with van der Waals surface area (Å²) in [5, 5.41) is 0.871. The number of unbranched alkanes of at least 4 members (excludes halogenated alkanes) is 2. The van der Waals surface area contributed by atoms with E-state index in [4.69, 9.17) is 9.47 Å². The van der Waals surface area contributed by atoms with Gasteiger partial charge in [-0.05, 0) is 57.3 Å². The first-order valence-electron chi connectivity index (χ1n) is 12.2. The van der Waals surface area contributed by atoms with Crippen molar-refractivity contribution >= 4 is 11.8 Å².